The van der Waals surface area contributed by atoms with Gasteiger partial charge in [-0.25, -0.2) is 0 Å². The van der Waals surface area contributed by atoms with E-state index in [2.05, 4.69) is 0 Å². The molecule has 0 aromatic rings. The molecule has 0 aliphatic heterocycles. The van der Waals surface area contributed by atoms with Crippen LogP contribution in [0.4, 0.5) is 26.3 Å². The van der Waals surface area contributed by atoms with E-state index in [1.807, 2.05) is 6.92 Å². The second-order valence-corrected chi connectivity index (χ2v) is 6.30. The van der Waals surface area contributed by atoms with Gasteiger partial charge in [0.1, 0.15) is 0 Å². The summed E-state index contributed by atoms with van der Waals surface area (Å²) in [5.41, 5.74) is -4.61. The first kappa shape index (κ1) is 17.6. The SMILES string of the molecule is CC1CC(CC(O)(C(F)(F)F)C(F)(F)F)C(C(C)C)C1. The molecular formula is C13H20F6O. The maximum Gasteiger partial charge on any atom is 0.426 e. The summed E-state index contributed by atoms with van der Waals surface area (Å²) in [6.07, 6.45) is -11.8. The topological polar surface area (TPSA) is 20.2 Å². The Hall–Kier alpha value is -0.460. The second-order valence-electron chi connectivity index (χ2n) is 6.30. The molecule has 1 N–H and O–H groups in total. The predicted octanol–water partition coefficient (Wildman–Crippen LogP) is 4.55. The van der Waals surface area contributed by atoms with Crippen LogP contribution in [0.25, 0.3) is 0 Å². The van der Waals surface area contributed by atoms with Gasteiger partial charge in [0.2, 0.25) is 0 Å². The number of hydrogen-bond acceptors (Lipinski definition) is 1. The summed E-state index contributed by atoms with van der Waals surface area (Å²) in [6, 6.07) is 0. The largest absolute Gasteiger partial charge is 0.426 e. The molecule has 1 nitrogen and oxygen atoms in total. The average molecular weight is 306 g/mol. The monoisotopic (exact) mass is 306 g/mol. The van der Waals surface area contributed by atoms with Gasteiger partial charge in [-0.1, -0.05) is 20.8 Å². The molecule has 0 aromatic carbocycles. The number of rotatable bonds is 3. The summed E-state index contributed by atoms with van der Waals surface area (Å²) in [5, 5.41) is 9.28. The van der Waals surface area contributed by atoms with Crippen molar-refractivity contribution in [1.29, 1.82) is 0 Å². The molecule has 1 aliphatic carbocycles. The standard InChI is InChI=1S/C13H20F6O/c1-7(2)10-5-8(3)4-9(10)6-11(20,12(14,15)16)13(17,18)19/h7-10,20H,4-6H2,1-3H3. The molecule has 0 saturated heterocycles. The van der Waals surface area contributed by atoms with Gasteiger partial charge in [0.25, 0.3) is 5.60 Å². The van der Waals surface area contributed by atoms with Gasteiger partial charge in [-0.15, -0.1) is 0 Å². The number of hydrogen-bond donors (Lipinski definition) is 1. The summed E-state index contributed by atoms with van der Waals surface area (Å²) in [4.78, 5) is 0. The number of aliphatic hydroxyl groups is 1. The zero-order valence-corrected chi connectivity index (χ0v) is 11.6. The Labute approximate surface area is 114 Å². The fraction of sp³-hybridized carbons (Fsp3) is 1.00. The number of alkyl halides is 6. The van der Waals surface area contributed by atoms with Crippen LogP contribution in [0.15, 0.2) is 0 Å². The Bertz CT molecular complexity index is 319. The first-order valence-corrected chi connectivity index (χ1v) is 6.65. The molecule has 0 spiro atoms. The van der Waals surface area contributed by atoms with Crippen molar-refractivity contribution in [3.05, 3.63) is 0 Å². The van der Waals surface area contributed by atoms with E-state index in [1.165, 1.54) is 0 Å². The summed E-state index contributed by atoms with van der Waals surface area (Å²) < 4.78 is 76.3. The average Bonchev–Trinajstić information content (AvgIpc) is 2.55. The van der Waals surface area contributed by atoms with Gasteiger partial charge < -0.3 is 5.11 Å². The van der Waals surface area contributed by atoms with Crippen molar-refractivity contribution in [2.75, 3.05) is 0 Å². The van der Waals surface area contributed by atoms with E-state index in [0.717, 1.165) is 0 Å². The highest BCUT2D eigenvalue weighted by molar-refractivity contribution is 4.98. The molecule has 0 heterocycles. The van der Waals surface area contributed by atoms with E-state index < -0.39 is 30.3 Å². The highest BCUT2D eigenvalue weighted by Crippen LogP contribution is 2.52. The molecule has 0 radical (unpaired) electrons. The maximum absolute atomic E-state index is 12.7. The van der Waals surface area contributed by atoms with Gasteiger partial charge in [-0.2, -0.15) is 26.3 Å². The number of halogens is 6. The first-order chi connectivity index (χ1) is 8.79. The van der Waals surface area contributed by atoms with E-state index in [0.29, 0.717) is 6.42 Å². The summed E-state index contributed by atoms with van der Waals surface area (Å²) in [6.45, 7) is 5.39. The maximum atomic E-state index is 12.7. The van der Waals surface area contributed by atoms with E-state index >= 15 is 0 Å². The molecule has 20 heavy (non-hydrogen) atoms. The molecular weight excluding hydrogens is 286 g/mol. The third-order valence-corrected chi connectivity index (χ3v) is 4.34. The Kier molecular flexibility index (Phi) is 4.74. The van der Waals surface area contributed by atoms with Crippen LogP contribution in [0.5, 0.6) is 0 Å². The Morgan fingerprint density at radius 1 is 1.00 bits per heavy atom. The minimum absolute atomic E-state index is 0.00401. The van der Waals surface area contributed by atoms with Crippen LogP contribution >= 0.6 is 0 Å². The second kappa shape index (κ2) is 5.39. The van der Waals surface area contributed by atoms with E-state index in [9.17, 15) is 31.4 Å². The first-order valence-electron chi connectivity index (χ1n) is 6.65. The smallest absolute Gasteiger partial charge is 0.374 e. The Balaban J connectivity index is 3.02. The molecule has 3 unspecified atom stereocenters. The van der Waals surface area contributed by atoms with Crippen LogP contribution in [0.3, 0.4) is 0 Å². The van der Waals surface area contributed by atoms with Crippen LogP contribution in [-0.2, 0) is 0 Å². The normalized spacial score (nSPS) is 29.2. The molecule has 0 amide bonds. The van der Waals surface area contributed by atoms with Crippen LogP contribution < -0.4 is 0 Å². The molecule has 7 heteroatoms. The highest BCUT2D eigenvalue weighted by atomic mass is 19.4. The van der Waals surface area contributed by atoms with Crippen molar-refractivity contribution in [2.45, 2.75) is 58.0 Å². The van der Waals surface area contributed by atoms with E-state index in [4.69, 9.17) is 0 Å². The minimum Gasteiger partial charge on any atom is -0.374 e. The third-order valence-electron chi connectivity index (χ3n) is 4.34. The van der Waals surface area contributed by atoms with Gasteiger partial charge in [0.15, 0.2) is 0 Å². The molecule has 3 atom stereocenters. The minimum atomic E-state index is -5.71. The van der Waals surface area contributed by atoms with Gasteiger partial charge in [-0.05, 0) is 42.9 Å². The lowest BCUT2D eigenvalue weighted by molar-refractivity contribution is -0.373. The zero-order chi connectivity index (χ0) is 15.9. The van der Waals surface area contributed by atoms with Crippen LogP contribution in [0, 0.1) is 23.7 Å². The van der Waals surface area contributed by atoms with Crippen molar-refractivity contribution in [3.63, 3.8) is 0 Å². The van der Waals surface area contributed by atoms with Gasteiger partial charge >= 0.3 is 12.4 Å². The summed E-state index contributed by atoms with van der Waals surface area (Å²) in [5.74, 6) is -0.909. The van der Waals surface area contributed by atoms with Gasteiger partial charge in [-0.3, -0.25) is 0 Å². The summed E-state index contributed by atoms with van der Waals surface area (Å²) in [7, 11) is 0. The molecule has 0 aromatic heterocycles. The lowest BCUT2D eigenvalue weighted by Crippen LogP contribution is -2.58. The van der Waals surface area contributed by atoms with E-state index in [-0.39, 0.29) is 24.2 Å². The van der Waals surface area contributed by atoms with Crippen LogP contribution in [0.1, 0.15) is 40.0 Å². The lowest BCUT2D eigenvalue weighted by Gasteiger charge is -2.36. The molecule has 1 fully saturated rings. The van der Waals surface area contributed by atoms with Crippen molar-refractivity contribution in [2.24, 2.45) is 23.7 Å². The molecule has 1 aliphatic rings. The predicted molar refractivity (Wildman–Crippen MR) is 61.9 cm³/mol. The van der Waals surface area contributed by atoms with Crippen LogP contribution in [0.2, 0.25) is 0 Å². The quantitative estimate of drug-likeness (QED) is 0.758. The Morgan fingerprint density at radius 3 is 1.80 bits per heavy atom. The molecule has 1 saturated carbocycles. The van der Waals surface area contributed by atoms with Gasteiger partial charge in [0, 0.05) is 0 Å². The zero-order valence-electron chi connectivity index (χ0n) is 11.6. The van der Waals surface area contributed by atoms with Crippen molar-refractivity contribution in [1.82, 2.24) is 0 Å². The Morgan fingerprint density at radius 2 is 1.45 bits per heavy atom. The fourth-order valence-electron chi connectivity index (χ4n) is 3.27. The molecule has 0 bridgehead atoms. The summed E-state index contributed by atoms with van der Waals surface area (Å²) >= 11 is 0. The molecule has 120 valence electrons. The molecule has 1 rings (SSSR count). The lowest BCUT2D eigenvalue weighted by atomic mass is 9.78. The highest BCUT2D eigenvalue weighted by Gasteiger charge is 2.70. The van der Waals surface area contributed by atoms with Crippen molar-refractivity contribution < 1.29 is 31.4 Å². The van der Waals surface area contributed by atoms with Crippen molar-refractivity contribution in [3.8, 4) is 0 Å². The van der Waals surface area contributed by atoms with Crippen LogP contribution in [-0.4, -0.2) is 23.1 Å². The van der Waals surface area contributed by atoms with Crippen molar-refractivity contribution >= 4 is 0 Å². The third kappa shape index (κ3) is 3.23. The van der Waals surface area contributed by atoms with E-state index in [1.54, 1.807) is 13.8 Å². The van der Waals surface area contributed by atoms with Gasteiger partial charge in [0.05, 0.1) is 0 Å². The fourth-order valence-corrected chi connectivity index (χ4v) is 3.27.